The van der Waals surface area contributed by atoms with Crippen LogP contribution in [0.4, 0.5) is 0 Å². The van der Waals surface area contributed by atoms with E-state index in [4.69, 9.17) is 18.9 Å². The van der Waals surface area contributed by atoms with Crippen molar-refractivity contribution < 1.29 is 28.8 Å². The molecule has 0 aromatic heterocycles. The minimum Gasteiger partial charge on any atom is -0.493 e. The zero-order chi connectivity index (χ0) is 24.7. The average molecular weight is 473 g/mol. The van der Waals surface area contributed by atoms with Gasteiger partial charge in [-0.15, -0.1) is 0 Å². The van der Waals surface area contributed by atoms with Crippen LogP contribution in [-0.4, -0.2) is 88.6 Å². The van der Waals surface area contributed by atoms with Crippen molar-refractivity contribution in [3.63, 3.8) is 0 Å². The predicted octanol–water partition coefficient (Wildman–Crippen LogP) is 2.18. The van der Waals surface area contributed by atoms with E-state index in [0.29, 0.717) is 49.1 Å². The highest BCUT2D eigenvalue weighted by molar-refractivity contribution is 5.80. The highest BCUT2D eigenvalue weighted by Gasteiger charge is 2.24. The molecule has 1 aliphatic rings. The van der Waals surface area contributed by atoms with Gasteiger partial charge in [0.05, 0.1) is 41.0 Å². The topological polar surface area (TPSA) is 80.7 Å². The number of hydrogen-bond donors (Lipinski definition) is 1. The Balaban J connectivity index is 1.53. The van der Waals surface area contributed by atoms with E-state index < -0.39 is 6.10 Å². The summed E-state index contributed by atoms with van der Waals surface area (Å²) in [6.45, 7) is 2.12. The smallest absolute Gasteiger partial charge is 0.227 e. The molecule has 1 atom stereocenters. The van der Waals surface area contributed by atoms with Crippen LogP contribution in [0.5, 0.6) is 23.0 Å². The molecule has 1 amide bonds. The summed E-state index contributed by atoms with van der Waals surface area (Å²) >= 11 is 0. The second-order valence-corrected chi connectivity index (χ2v) is 8.60. The summed E-state index contributed by atoms with van der Waals surface area (Å²) in [6.07, 6.45) is 1.18. The van der Waals surface area contributed by atoms with E-state index in [1.165, 1.54) is 0 Å². The molecular weight excluding hydrogens is 436 g/mol. The Labute approximate surface area is 202 Å². The van der Waals surface area contributed by atoms with Gasteiger partial charge in [0.15, 0.2) is 23.0 Å². The summed E-state index contributed by atoms with van der Waals surface area (Å²) in [4.78, 5) is 16.7. The zero-order valence-electron chi connectivity index (χ0n) is 20.8. The van der Waals surface area contributed by atoms with Gasteiger partial charge in [-0.1, -0.05) is 6.07 Å². The molecule has 1 N–H and O–H groups in total. The van der Waals surface area contributed by atoms with E-state index in [-0.39, 0.29) is 12.3 Å². The summed E-state index contributed by atoms with van der Waals surface area (Å²) in [5, 5.41) is 10.7. The Bertz CT molecular complexity index is 980. The SMILES string of the molecule is COc1ccc(CCN(C)CC(O)CN2CCc3cc(OC)c(OC)cc3CC2=O)cc1OC. The van der Waals surface area contributed by atoms with Crippen molar-refractivity contribution in [1.29, 1.82) is 0 Å². The summed E-state index contributed by atoms with van der Waals surface area (Å²) in [7, 11) is 8.42. The van der Waals surface area contributed by atoms with Crippen molar-refractivity contribution in [2.45, 2.75) is 25.4 Å². The number of aliphatic hydroxyl groups excluding tert-OH is 1. The number of carbonyl (C=O) groups is 1. The fraction of sp³-hybridized carbons (Fsp3) is 0.500. The largest absolute Gasteiger partial charge is 0.493 e. The number of methoxy groups -OCH3 is 4. The molecule has 1 aliphatic heterocycles. The number of likely N-dealkylation sites (N-methyl/N-ethyl adjacent to an activating group) is 1. The molecule has 1 unspecified atom stereocenters. The molecule has 2 aromatic rings. The first-order valence-electron chi connectivity index (χ1n) is 11.5. The van der Waals surface area contributed by atoms with Crippen LogP contribution in [0, 0.1) is 0 Å². The number of carbonyl (C=O) groups excluding carboxylic acids is 1. The van der Waals surface area contributed by atoms with Gasteiger partial charge in [0.1, 0.15) is 0 Å². The molecule has 0 saturated heterocycles. The lowest BCUT2D eigenvalue weighted by molar-refractivity contribution is -0.131. The molecule has 2 aromatic carbocycles. The van der Waals surface area contributed by atoms with Gasteiger partial charge in [0.2, 0.25) is 5.91 Å². The number of rotatable bonds is 11. The van der Waals surface area contributed by atoms with Gasteiger partial charge in [0, 0.05) is 26.2 Å². The van der Waals surface area contributed by atoms with E-state index in [9.17, 15) is 9.90 Å². The Morgan fingerprint density at radius 3 is 2.21 bits per heavy atom. The number of hydrogen-bond acceptors (Lipinski definition) is 7. The van der Waals surface area contributed by atoms with Gasteiger partial charge in [-0.3, -0.25) is 4.79 Å². The fourth-order valence-corrected chi connectivity index (χ4v) is 4.33. The highest BCUT2D eigenvalue weighted by Crippen LogP contribution is 2.32. The molecular formula is C26H36N2O6. The standard InChI is InChI=1S/C26H36N2O6/c1-27(10-8-18-6-7-22(31-2)23(12-18)32-3)16-21(29)17-28-11-9-19-13-24(33-4)25(34-5)14-20(19)15-26(28)30/h6-7,12-14,21,29H,8-11,15-17H2,1-5H3. The quantitative estimate of drug-likeness (QED) is 0.537. The molecule has 0 aliphatic carbocycles. The van der Waals surface area contributed by atoms with Crippen molar-refractivity contribution in [3.05, 3.63) is 47.0 Å². The molecule has 8 nitrogen and oxygen atoms in total. The number of β-amino-alcohol motifs (C(OH)–C–C–N with tert-alkyl or cyclic N) is 1. The van der Waals surface area contributed by atoms with Crippen LogP contribution in [0.2, 0.25) is 0 Å². The Kier molecular flexibility index (Phi) is 9.01. The van der Waals surface area contributed by atoms with Gasteiger partial charge in [-0.05, 0) is 60.8 Å². The predicted molar refractivity (Wildman–Crippen MR) is 130 cm³/mol. The van der Waals surface area contributed by atoms with Gasteiger partial charge in [0.25, 0.3) is 0 Å². The lowest BCUT2D eigenvalue weighted by Crippen LogP contribution is -2.42. The van der Waals surface area contributed by atoms with E-state index in [0.717, 1.165) is 29.7 Å². The highest BCUT2D eigenvalue weighted by atomic mass is 16.5. The van der Waals surface area contributed by atoms with Crippen LogP contribution in [0.15, 0.2) is 30.3 Å². The zero-order valence-corrected chi connectivity index (χ0v) is 20.8. The Hall–Kier alpha value is -2.97. The molecule has 0 saturated carbocycles. The summed E-state index contributed by atoms with van der Waals surface area (Å²) in [6, 6.07) is 9.72. The monoisotopic (exact) mass is 472 g/mol. The van der Waals surface area contributed by atoms with Crippen LogP contribution in [0.1, 0.15) is 16.7 Å². The maximum atomic E-state index is 12.9. The number of ether oxygens (including phenoxy) is 4. The van der Waals surface area contributed by atoms with Crippen molar-refractivity contribution in [3.8, 4) is 23.0 Å². The van der Waals surface area contributed by atoms with Crippen LogP contribution in [0.25, 0.3) is 0 Å². The number of benzene rings is 2. The maximum absolute atomic E-state index is 12.9. The third-order valence-electron chi connectivity index (χ3n) is 6.23. The normalized spacial score (nSPS) is 14.4. The van der Waals surface area contributed by atoms with Crippen LogP contribution < -0.4 is 18.9 Å². The number of fused-ring (bicyclic) bond motifs is 1. The van der Waals surface area contributed by atoms with Crippen molar-refractivity contribution in [2.75, 3.05) is 61.7 Å². The molecule has 34 heavy (non-hydrogen) atoms. The van der Waals surface area contributed by atoms with E-state index >= 15 is 0 Å². The molecule has 0 radical (unpaired) electrons. The van der Waals surface area contributed by atoms with Crippen LogP contribution in [0.3, 0.4) is 0 Å². The first-order chi connectivity index (χ1) is 16.4. The molecule has 186 valence electrons. The van der Waals surface area contributed by atoms with Crippen LogP contribution >= 0.6 is 0 Å². The summed E-state index contributed by atoms with van der Waals surface area (Å²) < 4.78 is 21.4. The molecule has 0 spiro atoms. The number of amides is 1. The second-order valence-electron chi connectivity index (χ2n) is 8.60. The van der Waals surface area contributed by atoms with Gasteiger partial charge in [-0.2, -0.15) is 0 Å². The lowest BCUT2D eigenvalue weighted by Gasteiger charge is -2.26. The minimum absolute atomic E-state index is 0.0120. The first-order valence-corrected chi connectivity index (χ1v) is 11.5. The van der Waals surface area contributed by atoms with Gasteiger partial charge in [-0.25, -0.2) is 0 Å². The van der Waals surface area contributed by atoms with Gasteiger partial charge < -0.3 is 33.9 Å². The van der Waals surface area contributed by atoms with Crippen molar-refractivity contribution >= 4 is 5.91 Å². The Morgan fingerprint density at radius 1 is 0.941 bits per heavy atom. The third kappa shape index (κ3) is 6.33. The van der Waals surface area contributed by atoms with E-state index in [1.54, 1.807) is 33.3 Å². The summed E-state index contributed by atoms with van der Waals surface area (Å²) in [5.74, 6) is 2.71. The van der Waals surface area contributed by atoms with E-state index in [2.05, 4.69) is 4.90 Å². The van der Waals surface area contributed by atoms with Crippen LogP contribution in [-0.2, 0) is 24.1 Å². The molecule has 0 fully saturated rings. The first kappa shape index (κ1) is 25.6. The molecule has 0 bridgehead atoms. The van der Waals surface area contributed by atoms with Crippen molar-refractivity contribution in [2.24, 2.45) is 0 Å². The fourth-order valence-electron chi connectivity index (χ4n) is 4.33. The Morgan fingerprint density at radius 2 is 1.56 bits per heavy atom. The summed E-state index contributed by atoms with van der Waals surface area (Å²) in [5.41, 5.74) is 3.16. The lowest BCUT2D eigenvalue weighted by atomic mass is 10.0. The third-order valence-corrected chi connectivity index (χ3v) is 6.23. The second kappa shape index (κ2) is 11.9. The molecule has 1 heterocycles. The number of aliphatic hydroxyl groups is 1. The molecule has 3 rings (SSSR count). The average Bonchev–Trinajstić information content (AvgIpc) is 2.99. The minimum atomic E-state index is -0.635. The van der Waals surface area contributed by atoms with E-state index in [1.807, 2.05) is 37.4 Å². The maximum Gasteiger partial charge on any atom is 0.227 e. The van der Waals surface area contributed by atoms with Gasteiger partial charge >= 0.3 is 0 Å². The number of nitrogens with zero attached hydrogens (tertiary/aromatic N) is 2. The molecule has 8 heteroatoms. The van der Waals surface area contributed by atoms with Crippen molar-refractivity contribution in [1.82, 2.24) is 9.80 Å².